The van der Waals surface area contributed by atoms with Gasteiger partial charge in [-0.25, -0.2) is 9.97 Å². The van der Waals surface area contributed by atoms with E-state index in [0.29, 0.717) is 11.4 Å². The van der Waals surface area contributed by atoms with Gasteiger partial charge in [0.05, 0.1) is 11.9 Å². The Bertz CT molecular complexity index is 1610. The summed E-state index contributed by atoms with van der Waals surface area (Å²) >= 11 is 0. The Kier molecular flexibility index (Phi) is 4.66. The molecule has 0 atom stereocenters. The van der Waals surface area contributed by atoms with Crippen molar-refractivity contribution in [2.24, 2.45) is 0 Å². The zero-order chi connectivity index (χ0) is 23.1. The summed E-state index contributed by atoms with van der Waals surface area (Å²) in [4.78, 5) is 13.9. The van der Waals surface area contributed by atoms with E-state index in [1.807, 2.05) is 72.5 Å². The molecule has 0 spiro atoms. The second-order valence-corrected chi connectivity index (χ2v) is 8.06. The number of pyridine rings is 3. The van der Waals surface area contributed by atoms with Gasteiger partial charge in [0.1, 0.15) is 11.5 Å². The van der Waals surface area contributed by atoms with E-state index in [1.54, 1.807) is 18.5 Å². The third-order valence-electron chi connectivity index (χ3n) is 5.83. The smallest absolute Gasteiger partial charge is 0.284 e. The molecule has 0 saturated heterocycles. The van der Waals surface area contributed by atoms with E-state index in [2.05, 4.69) is 38.8 Å². The molecule has 5 heterocycles. The van der Waals surface area contributed by atoms with Gasteiger partial charge in [-0.3, -0.25) is 14.8 Å². The van der Waals surface area contributed by atoms with Gasteiger partial charge in [0.15, 0.2) is 5.69 Å². The molecular formula is C27H21N6O+. The Morgan fingerprint density at radius 3 is 2.47 bits per heavy atom. The van der Waals surface area contributed by atoms with Crippen molar-refractivity contribution in [3.63, 3.8) is 0 Å². The summed E-state index contributed by atoms with van der Waals surface area (Å²) in [6.45, 7) is 1.96. The van der Waals surface area contributed by atoms with Crippen molar-refractivity contribution in [2.75, 3.05) is 0 Å². The largest absolute Gasteiger partial charge is 0.301 e. The van der Waals surface area contributed by atoms with Crippen molar-refractivity contribution in [3.05, 3.63) is 109 Å². The number of nitrogens with zero attached hydrogens (tertiary/aromatic N) is 6. The minimum Gasteiger partial charge on any atom is -0.301 e. The van der Waals surface area contributed by atoms with Crippen LogP contribution in [0.5, 0.6) is 0 Å². The molecule has 7 heteroatoms. The van der Waals surface area contributed by atoms with Crippen LogP contribution in [0.1, 0.15) is 5.69 Å². The summed E-state index contributed by atoms with van der Waals surface area (Å²) in [6, 6.07) is 23.7. The van der Waals surface area contributed by atoms with Crippen LogP contribution in [0.4, 0.5) is 0 Å². The normalized spacial score (nSPS) is 11.2. The van der Waals surface area contributed by atoms with Crippen LogP contribution < -0.4 is 4.73 Å². The average Bonchev–Trinajstić information content (AvgIpc) is 3.50. The SMILES string of the molecule is Cc1ccc(-n2cc(-c3cccc[n+]3O)nc2-c2ccc(-n3ccc4cccnc43)cc2)cn1. The van der Waals surface area contributed by atoms with Gasteiger partial charge < -0.3 is 4.57 Å². The highest BCUT2D eigenvalue weighted by molar-refractivity contribution is 5.78. The number of hydrogen-bond donors (Lipinski definition) is 1. The number of aromatic nitrogens is 6. The van der Waals surface area contributed by atoms with Crippen LogP contribution in [0.15, 0.2) is 104 Å². The molecule has 7 nitrogen and oxygen atoms in total. The highest BCUT2D eigenvalue weighted by Crippen LogP contribution is 2.28. The van der Waals surface area contributed by atoms with Crippen LogP contribution in [0.2, 0.25) is 0 Å². The van der Waals surface area contributed by atoms with Crippen molar-refractivity contribution < 1.29 is 9.94 Å². The van der Waals surface area contributed by atoms with E-state index in [9.17, 15) is 5.21 Å². The topological polar surface area (TPSA) is 72.6 Å². The fraction of sp³-hybridized carbons (Fsp3) is 0.0370. The van der Waals surface area contributed by atoms with Gasteiger partial charge in [-0.1, -0.05) is 0 Å². The minimum atomic E-state index is 0.601. The molecule has 6 rings (SSSR count). The van der Waals surface area contributed by atoms with E-state index in [-0.39, 0.29) is 0 Å². The lowest BCUT2D eigenvalue weighted by atomic mass is 10.2. The van der Waals surface area contributed by atoms with E-state index in [4.69, 9.17) is 4.98 Å². The van der Waals surface area contributed by atoms with Crippen LogP contribution >= 0.6 is 0 Å². The predicted molar refractivity (Wildman–Crippen MR) is 129 cm³/mol. The molecule has 0 aliphatic heterocycles. The number of benzene rings is 1. The molecule has 0 unspecified atom stereocenters. The molecule has 0 aliphatic rings. The Balaban J connectivity index is 1.47. The quantitative estimate of drug-likeness (QED) is 0.313. The molecule has 0 aliphatic carbocycles. The molecule has 0 saturated carbocycles. The number of aryl methyl sites for hydroxylation is 1. The summed E-state index contributed by atoms with van der Waals surface area (Å²) < 4.78 is 5.15. The first-order valence-electron chi connectivity index (χ1n) is 10.9. The average molecular weight is 446 g/mol. The van der Waals surface area contributed by atoms with Gasteiger partial charge in [-0.15, -0.1) is 0 Å². The molecule has 1 N–H and O–H groups in total. The molecule has 0 bridgehead atoms. The van der Waals surface area contributed by atoms with E-state index in [0.717, 1.165) is 44.2 Å². The van der Waals surface area contributed by atoms with Crippen LogP contribution in [0.3, 0.4) is 0 Å². The highest BCUT2D eigenvalue weighted by Gasteiger charge is 2.20. The minimum absolute atomic E-state index is 0.601. The molecule has 0 amide bonds. The Morgan fingerprint density at radius 1 is 0.824 bits per heavy atom. The number of fused-ring (bicyclic) bond motifs is 1. The number of imidazole rings is 1. The maximum Gasteiger partial charge on any atom is 0.284 e. The molecule has 6 aromatic rings. The van der Waals surface area contributed by atoms with Crippen LogP contribution in [0, 0.1) is 6.92 Å². The predicted octanol–water partition coefficient (Wildman–Crippen LogP) is 4.77. The van der Waals surface area contributed by atoms with Crippen molar-refractivity contribution in [2.45, 2.75) is 6.92 Å². The molecule has 34 heavy (non-hydrogen) atoms. The maximum atomic E-state index is 10.3. The summed E-state index contributed by atoms with van der Waals surface area (Å²) in [5, 5.41) is 11.4. The van der Waals surface area contributed by atoms with Crippen molar-refractivity contribution >= 4 is 11.0 Å². The first kappa shape index (κ1) is 19.9. The van der Waals surface area contributed by atoms with Gasteiger partial charge in [0.25, 0.3) is 5.69 Å². The second-order valence-electron chi connectivity index (χ2n) is 8.06. The fourth-order valence-electron chi connectivity index (χ4n) is 4.09. The molecule has 5 aromatic heterocycles. The third kappa shape index (κ3) is 3.40. The Labute approximate surface area is 195 Å². The summed E-state index contributed by atoms with van der Waals surface area (Å²) in [5.41, 5.74) is 5.97. The third-order valence-corrected chi connectivity index (χ3v) is 5.83. The molecule has 0 radical (unpaired) electrons. The summed E-state index contributed by atoms with van der Waals surface area (Å²) in [5.74, 6) is 0.756. The Morgan fingerprint density at radius 2 is 1.68 bits per heavy atom. The summed E-state index contributed by atoms with van der Waals surface area (Å²) in [6.07, 6.45) is 9.16. The Hall–Kier alpha value is -4.78. The standard InChI is InChI=1S/C27H21N6O/c1-19-7-10-23(17-29-19)32-18-24(25-6-2-3-15-33(25)34)30-27(32)21-8-11-22(12-9-21)31-16-13-20-5-4-14-28-26(20)31/h2-18,34H,1H3/q+1. The lowest BCUT2D eigenvalue weighted by Gasteiger charge is -2.09. The maximum absolute atomic E-state index is 10.3. The van der Waals surface area contributed by atoms with Crippen molar-refractivity contribution in [1.82, 2.24) is 24.1 Å². The van der Waals surface area contributed by atoms with E-state index >= 15 is 0 Å². The van der Waals surface area contributed by atoms with Crippen molar-refractivity contribution in [3.8, 4) is 34.2 Å². The monoisotopic (exact) mass is 445 g/mol. The molecule has 164 valence electrons. The van der Waals surface area contributed by atoms with Gasteiger partial charge in [0, 0.05) is 57.8 Å². The van der Waals surface area contributed by atoms with E-state index in [1.165, 1.54) is 0 Å². The van der Waals surface area contributed by atoms with Crippen LogP contribution in [-0.4, -0.2) is 29.3 Å². The van der Waals surface area contributed by atoms with Crippen molar-refractivity contribution in [1.29, 1.82) is 0 Å². The zero-order valence-corrected chi connectivity index (χ0v) is 18.4. The lowest BCUT2D eigenvalue weighted by molar-refractivity contribution is -0.896. The zero-order valence-electron chi connectivity index (χ0n) is 18.4. The van der Waals surface area contributed by atoms with Gasteiger partial charge in [0.2, 0.25) is 6.20 Å². The van der Waals surface area contributed by atoms with Crippen LogP contribution in [-0.2, 0) is 0 Å². The van der Waals surface area contributed by atoms with Crippen LogP contribution in [0.25, 0.3) is 45.2 Å². The summed E-state index contributed by atoms with van der Waals surface area (Å²) in [7, 11) is 0. The van der Waals surface area contributed by atoms with Gasteiger partial charge in [-0.2, -0.15) is 0 Å². The fourth-order valence-corrected chi connectivity index (χ4v) is 4.09. The van der Waals surface area contributed by atoms with E-state index < -0.39 is 0 Å². The molecule has 0 fully saturated rings. The first-order chi connectivity index (χ1) is 16.7. The number of hydrogen-bond acceptors (Lipinski definition) is 4. The molecule has 1 aromatic carbocycles. The molecular weight excluding hydrogens is 424 g/mol. The van der Waals surface area contributed by atoms with Gasteiger partial charge in [-0.05, 0) is 67.6 Å². The highest BCUT2D eigenvalue weighted by atomic mass is 16.5. The van der Waals surface area contributed by atoms with Gasteiger partial charge >= 0.3 is 0 Å². The first-order valence-corrected chi connectivity index (χ1v) is 10.9. The lowest BCUT2D eigenvalue weighted by Crippen LogP contribution is -2.31. The number of rotatable bonds is 4. The second kappa shape index (κ2) is 7.97.